The first-order valence-corrected chi connectivity index (χ1v) is 9.26. The largest absolute Gasteiger partial charge is 0.387 e. The highest BCUT2D eigenvalue weighted by Gasteiger charge is 2.25. The average Bonchev–Trinajstić information content (AvgIpc) is 3.08. The maximum atomic E-state index is 12.6. The van der Waals surface area contributed by atoms with Crippen LogP contribution in [-0.2, 0) is 17.8 Å². The third-order valence-electron chi connectivity index (χ3n) is 4.98. The number of carbonyl (C=O) groups excluding carboxylic acids is 2. The summed E-state index contributed by atoms with van der Waals surface area (Å²) in [6.07, 6.45) is 2.45. The van der Waals surface area contributed by atoms with Gasteiger partial charge in [-0.15, -0.1) is 0 Å². The topological polar surface area (TPSA) is 96.2 Å². The van der Waals surface area contributed by atoms with Crippen molar-refractivity contribution < 1.29 is 14.7 Å². The van der Waals surface area contributed by atoms with E-state index >= 15 is 0 Å². The number of benzene rings is 1. The third-order valence-corrected chi connectivity index (χ3v) is 4.98. The summed E-state index contributed by atoms with van der Waals surface area (Å²) in [6, 6.07) is 7.59. The number of hydrogen-bond donors (Lipinski definition) is 3. The van der Waals surface area contributed by atoms with Crippen molar-refractivity contribution in [2.24, 2.45) is 5.92 Å². The van der Waals surface area contributed by atoms with Gasteiger partial charge in [-0.1, -0.05) is 29.8 Å². The predicted octanol–water partition coefficient (Wildman–Crippen LogP) is 1.35. The molecule has 1 aromatic carbocycles. The number of rotatable bonds is 6. The van der Waals surface area contributed by atoms with E-state index < -0.39 is 6.10 Å². The van der Waals surface area contributed by atoms with Crippen molar-refractivity contribution >= 4 is 11.8 Å². The van der Waals surface area contributed by atoms with Crippen LogP contribution in [0.4, 0.5) is 0 Å². The molecule has 0 fully saturated rings. The van der Waals surface area contributed by atoms with Crippen LogP contribution in [0.3, 0.4) is 0 Å². The number of amides is 2. The van der Waals surface area contributed by atoms with Crippen LogP contribution in [0, 0.1) is 12.8 Å². The zero-order chi connectivity index (χ0) is 19.4. The highest BCUT2D eigenvalue weighted by molar-refractivity contribution is 5.95. The summed E-state index contributed by atoms with van der Waals surface area (Å²) in [5, 5.41) is 20.2. The minimum atomic E-state index is -0.756. The lowest BCUT2D eigenvalue weighted by Gasteiger charge is -2.24. The molecule has 0 aliphatic carbocycles. The Hall–Kier alpha value is -2.67. The molecule has 27 heavy (non-hydrogen) atoms. The molecule has 0 radical (unpaired) electrons. The summed E-state index contributed by atoms with van der Waals surface area (Å²) in [6.45, 7) is 4.97. The molecule has 2 atom stereocenters. The van der Waals surface area contributed by atoms with Crippen molar-refractivity contribution in [2.75, 3.05) is 13.1 Å². The van der Waals surface area contributed by atoms with Gasteiger partial charge in [-0.2, -0.15) is 5.10 Å². The molecule has 2 amide bonds. The van der Waals surface area contributed by atoms with E-state index in [1.54, 1.807) is 6.20 Å². The Kier molecular flexibility index (Phi) is 5.91. The van der Waals surface area contributed by atoms with Gasteiger partial charge in [0.1, 0.15) is 0 Å². The number of carbonyl (C=O) groups is 2. The van der Waals surface area contributed by atoms with Crippen molar-refractivity contribution in [2.45, 2.75) is 39.3 Å². The van der Waals surface area contributed by atoms with Gasteiger partial charge in [0.2, 0.25) is 5.91 Å². The Morgan fingerprint density at radius 1 is 1.30 bits per heavy atom. The summed E-state index contributed by atoms with van der Waals surface area (Å²) in [5.41, 5.74) is 3.32. The molecule has 1 aromatic heterocycles. The minimum Gasteiger partial charge on any atom is -0.387 e. The molecule has 7 heteroatoms. The van der Waals surface area contributed by atoms with E-state index in [-0.39, 0.29) is 18.4 Å². The Balaban J connectivity index is 1.60. The standard InChI is InChI=1S/C20H26N4O3/c1-13-3-5-16(6-4-13)19(26)12-22-20(27)17-11-23-24-8-7-15(9-18(17)24)10-21-14(2)25/h3-6,11,15,19,26H,7-10,12H2,1-2H3,(H,21,25)(H,22,27)/t15-,19-/m0/s1. The predicted molar refractivity (Wildman–Crippen MR) is 101 cm³/mol. The molecule has 3 rings (SSSR count). The third kappa shape index (κ3) is 4.74. The second-order valence-corrected chi connectivity index (χ2v) is 7.16. The average molecular weight is 370 g/mol. The maximum Gasteiger partial charge on any atom is 0.254 e. The number of nitrogens with zero attached hydrogens (tertiary/aromatic N) is 2. The highest BCUT2D eigenvalue weighted by atomic mass is 16.3. The summed E-state index contributed by atoms with van der Waals surface area (Å²) in [4.78, 5) is 23.7. The van der Waals surface area contributed by atoms with Gasteiger partial charge in [-0.05, 0) is 31.2 Å². The molecule has 7 nitrogen and oxygen atoms in total. The van der Waals surface area contributed by atoms with Gasteiger partial charge >= 0.3 is 0 Å². The van der Waals surface area contributed by atoms with Gasteiger partial charge in [0.25, 0.3) is 5.91 Å². The minimum absolute atomic E-state index is 0.0443. The summed E-state index contributed by atoms with van der Waals surface area (Å²) >= 11 is 0. The molecule has 1 aliphatic heterocycles. The lowest BCUT2D eigenvalue weighted by molar-refractivity contribution is -0.119. The SMILES string of the molecule is CC(=O)NC[C@H]1CCn2ncc(C(=O)NC[C@H](O)c3ccc(C)cc3)c2C1. The number of aliphatic hydroxyl groups excluding tert-OH is 1. The van der Waals surface area contributed by atoms with E-state index in [4.69, 9.17) is 0 Å². The van der Waals surface area contributed by atoms with Gasteiger partial charge in [-0.3, -0.25) is 14.3 Å². The number of nitrogens with one attached hydrogen (secondary N) is 2. The van der Waals surface area contributed by atoms with Crippen molar-refractivity contribution in [1.29, 1.82) is 0 Å². The molecule has 0 spiro atoms. The smallest absolute Gasteiger partial charge is 0.254 e. The van der Waals surface area contributed by atoms with Gasteiger partial charge in [0.15, 0.2) is 0 Å². The molecule has 1 aliphatic rings. The molecular weight excluding hydrogens is 344 g/mol. The molecule has 0 saturated carbocycles. The summed E-state index contributed by atoms with van der Waals surface area (Å²) < 4.78 is 1.86. The van der Waals surface area contributed by atoms with Crippen molar-refractivity contribution in [3.05, 3.63) is 52.8 Å². The Morgan fingerprint density at radius 2 is 2.04 bits per heavy atom. The quantitative estimate of drug-likeness (QED) is 0.715. The van der Waals surface area contributed by atoms with Crippen LogP contribution in [-0.4, -0.2) is 39.8 Å². The first-order chi connectivity index (χ1) is 12.9. The Morgan fingerprint density at radius 3 is 2.74 bits per heavy atom. The fraction of sp³-hybridized carbons (Fsp3) is 0.450. The van der Waals surface area contributed by atoms with Crippen LogP contribution in [0.15, 0.2) is 30.5 Å². The second kappa shape index (κ2) is 8.35. The van der Waals surface area contributed by atoms with Gasteiger partial charge < -0.3 is 15.7 Å². The Bertz CT molecular complexity index is 813. The fourth-order valence-electron chi connectivity index (χ4n) is 3.34. The zero-order valence-corrected chi connectivity index (χ0v) is 15.7. The van der Waals surface area contributed by atoms with Crippen molar-refractivity contribution in [1.82, 2.24) is 20.4 Å². The van der Waals surface area contributed by atoms with Crippen LogP contribution in [0.25, 0.3) is 0 Å². The van der Waals surface area contributed by atoms with Crippen LogP contribution in [0.5, 0.6) is 0 Å². The molecule has 3 N–H and O–H groups in total. The van der Waals surface area contributed by atoms with E-state index in [0.717, 1.165) is 29.8 Å². The van der Waals surface area contributed by atoms with Crippen LogP contribution < -0.4 is 10.6 Å². The zero-order valence-electron chi connectivity index (χ0n) is 15.7. The maximum absolute atomic E-state index is 12.6. The first-order valence-electron chi connectivity index (χ1n) is 9.26. The first kappa shape index (κ1) is 19.1. The second-order valence-electron chi connectivity index (χ2n) is 7.16. The highest BCUT2D eigenvalue weighted by Crippen LogP contribution is 2.23. The van der Waals surface area contributed by atoms with E-state index in [1.165, 1.54) is 6.92 Å². The molecule has 144 valence electrons. The molecule has 0 bridgehead atoms. The van der Waals surface area contributed by atoms with E-state index in [9.17, 15) is 14.7 Å². The number of aromatic nitrogens is 2. The van der Waals surface area contributed by atoms with Crippen molar-refractivity contribution in [3.8, 4) is 0 Å². The van der Waals surface area contributed by atoms with E-state index in [1.807, 2.05) is 35.9 Å². The molecule has 0 saturated heterocycles. The Labute approximate surface area is 158 Å². The monoisotopic (exact) mass is 370 g/mol. The summed E-state index contributed by atoms with van der Waals surface area (Å²) in [7, 11) is 0. The number of hydrogen-bond acceptors (Lipinski definition) is 4. The number of fused-ring (bicyclic) bond motifs is 1. The van der Waals surface area contributed by atoms with Gasteiger partial charge in [0, 0.05) is 26.6 Å². The van der Waals surface area contributed by atoms with E-state index in [0.29, 0.717) is 24.4 Å². The van der Waals surface area contributed by atoms with Gasteiger partial charge in [-0.25, -0.2) is 0 Å². The lowest BCUT2D eigenvalue weighted by atomic mass is 9.94. The van der Waals surface area contributed by atoms with Crippen LogP contribution >= 0.6 is 0 Å². The molecular formula is C20H26N4O3. The molecule has 2 aromatic rings. The van der Waals surface area contributed by atoms with Crippen LogP contribution in [0.1, 0.15) is 46.6 Å². The number of aryl methyl sites for hydroxylation is 2. The molecule has 2 heterocycles. The molecule has 0 unspecified atom stereocenters. The lowest BCUT2D eigenvalue weighted by Crippen LogP contribution is -2.33. The van der Waals surface area contributed by atoms with Crippen LogP contribution in [0.2, 0.25) is 0 Å². The van der Waals surface area contributed by atoms with Gasteiger partial charge in [0.05, 0.1) is 23.6 Å². The number of aliphatic hydroxyl groups is 1. The normalized spacial score (nSPS) is 17.1. The fourth-order valence-corrected chi connectivity index (χ4v) is 3.34. The van der Waals surface area contributed by atoms with E-state index in [2.05, 4.69) is 15.7 Å². The van der Waals surface area contributed by atoms with Crippen molar-refractivity contribution in [3.63, 3.8) is 0 Å². The summed E-state index contributed by atoms with van der Waals surface area (Å²) in [5.74, 6) is 0.0162.